The molecule has 1 fully saturated rings. The minimum atomic E-state index is -0.791. The molecule has 1 aliphatic heterocycles. The Labute approximate surface area is 59.3 Å². The zero-order valence-corrected chi connectivity index (χ0v) is 5.67. The van der Waals surface area contributed by atoms with Gasteiger partial charge in [0.2, 0.25) is 0 Å². The topological polar surface area (TPSA) is 46.5 Å². The van der Waals surface area contributed by atoms with Crippen molar-refractivity contribution in [1.29, 1.82) is 0 Å². The third-order valence-corrected chi connectivity index (χ3v) is 1.51. The van der Waals surface area contributed by atoms with Crippen LogP contribution in [0.1, 0.15) is 6.42 Å². The van der Waals surface area contributed by atoms with Gasteiger partial charge in [-0.3, -0.25) is 4.79 Å². The van der Waals surface area contributed by atoms with Crippen molar-refractivity contribution in [1.82, 2.24) is 0 Å². The van der Waals surface area contributed by atoms with Gasteiger partial charge in [-0.2, -0.15) is 0 Å². The molecule has 3 nitrogen and oxygen atoms in total. The zero-order chi connectivity index (χ0) is 7.56. The molecule has 0 radical (unpaired) electrons. The third kappa shape index (κ3) is 1.57. The third-order valence-electron chi connectivity index (χ3n) is 1.51. The first-order valence-electron chi connectivity index (χ1n) is 3.17. The molecular weight excluding hydrogens is 132 g/mol. The van der Waals surface area contributed by atoms with Crippen LogP contribution in [0.5, 0.6) is 0 Å². The lowest BCUT2D eigenvalue weighted by Gasteiger charge is -2.19. The fraction of sp³-hybridized carbons (Fsp3) is 0.571. The first-order valence-corrected chi connectivity index (χ1v) is 3.17. The minimum Gasteiger partial charge on any atom is -0.481 e. The van der Waals surface area contributed by atoms with Crippen LogP contribution in [0.25, 0.3) is 0 Å². The van der Waals surface area contributed by atoms with Gasteiger partial charge in [0, 0.05) is 0 Å². The van der Waals surface area contributed by atoms with Gasteiger partial charge in [0.25, 0.3) is 0 Å². The summed E-state index contributed by atoms with van der Waals surface area (Å²) in [7, 11) is 0. The second-order valence-electron chi connectivity index (χ2n) is 2.50. The summed E-state index contributed by atoms with van der Waals surface area (Å²) in [5.41, 5.74) is 0.874. The zero-order valence-electron chi connectivity index (χ0n) is 5.67. The van der Waals surface area contributed by atoms with E-state index in [0.717, 1.165) is 5.57 Å². The highest BCUT2D eigenvalue weighted by molar-refractivity contribution is 5.70. The number of rotatable bonds is 1. The first-order chi connectivity index (χ1) is 4.70. The summed E-state index contributed by atoms with van der Waals surface area (Å²) in [6.07, 6.45) is 0.565. The minimum absolute atomic E-state index is 0.328. The van der Waals surface area contributed by atoms with Gasteiger partial charge in [-0.25, -0.2) is 0 Å². The van der Waals surface area contributed by atoms with E-state index in [1.807, 2.05) is 0 Å². The molecule has 0 spiro atoms. The first kappa shape index (κ1) is 7.28. The van der Waals surface area contributed by atoms with Crippen LogP contribution in [-0.4, -0.2) is 24.3 Å². The molecule has 0 aliphatic carbocycles. The highest BCUT2D eigenvalue weighted by atomic mass is 16.5. The number of hydrogen-bond acceptors (Lipinski definition) is 2. The average Bonchev–Trinajstić information content (AvgIpc) is 1.88. The number of aliphatic carboxylic acids is 1. The molecule has 56 valence electrons. The fourth-order valence-electron chi connectivity index (χ4n) is 0.970. The summed E-state index contributed by atoms with van der Waals surface area (Å²) >= 11 is 0. The van der Waals surface area contributed by atoms with E-state index in [4.69, 9.17) is 9.84 Å². The van der Waals surface area contributed by atoms with Crippen LogP contribution in [0.15, 0.2) is 12.2 Å². The number of ether oxygens (including phenoxy) is 1. The number of carbonyl (C=O) groups is 1. The maximum atomic E-state index is 10.4. The lowest BCUT2D eigenvalue weighted by Crippen LogP contribution is -2.25. The van der Waals surface area contributed by atoms with Crippen LogP contribution in [0.3, 0.4) is 0 Å². The largest absolute Gasteiger partial charge is 0.481 e. The lowest BCUT2D eigenvalue weighted by molar-refractivity contribution is -0.144. The Morgan fingerprint density at radius 1 is 1.80 bits per heavy atom. The van der Waals surface area contributed by atoms with Crippen molar-refractivity contribution in [2.24, 2.45) is 5.92 Å². The molecule has 1 rings (SSSR count). The van der Waals surface area contributed by atoms with Gasteiger partial charge in [-0.05, 0) is 6.42 Å². The molecule has 3 heteroatoms. The van der Waals surface area contributed by atoms with Gasteiger partial charge in [0.15, 0.2) is 0 Å². The van der Waals surface area contributed by atoms with Gasteiger partial charge in [0.05, 0.1) is 19.1 Å². The second kappa shape index (κ2) is 2.84. The molecule has 10 heavy (non-hydrogen) atoms. The van der Waals surface area contributed by atoms with Gasteiger partial charge >= 0.3 is 5.97 Å². The molecule has 0 aromatic heterocycles. The van der Waals surface area contributed by atoms with Crippen LogP contribution < -0.4 is 0 Å². The molecule has 1 saturated heterocycles. The Morgan fingerprint density at radius 3 is 2.90 bits per heavy atom. The summed E-state index contributed by atoms with van der Waals surface area (Å²) < 4.78 is 4.98. The monoisotopic (exact) mass is 142 g/mol. The number of carboxylic acid groups (broad SMARTS) is 1. The maximum Gasteiger partial charge on any atom is 0.309 e. The molecule has 0 amide bonds. The molecular formula is C7H10O3. The Balaban J connectivity index is 2.47. The van der Waals surface area contributed by atoms with Crippen LogP contribution in [0.4, 0.5) is 0 Å². The SMILES string of the molecule is C=C1COCC(C(=O)O)C1. The molecule has 0 bridgehead atoms. The van der Waals surface area contributed by atoms with Crippen molar-refractivity contribution in [3.8, 4) is 0 Å². The predicted molar refractivity (Wildman–Crippen MR) is 35.7 cm³/mol. The van der Waals surface area contributed by atoms with E-state index in [0.29, 0.717) is 19.6 Å². The standard InChI is InChI=1S/C7H10O3/c1-5-2-6(7(8)9)4-10-3-5/h6H,1-4H2,(H,8,9). The second-order valence-corrected chi connectivity index (χ2v) is 2.50. The highest BCUT2D eigenvalue weighted by Gasteiger charge is 2.22. The summed E-state index contributed by atoms with van der Waals surface area (Å²) in [6.45, 7) is 4.50. The van der Waals surface area contributed by atoms with E-state index in [9.17, 15) is 4.79 Å². The summed E-state index contributed by atoms with van der Waals surface area (Å²) in [5.74, 6) is -1.16. The van der Waals surface area contributed by atoms with Crippen molar-refractivity contribution < 1.29 is 14.6 Å². The maximum absolute atomic E-state index is 10.4. The molecule has 0 saturated carbocycles. The van der Waals surface area contributed by atoms with Gasteiger partial charge in [0.1, 0.15) is 0 Å². The highest BCUT2D eigenvalue weighted by Crippen LogP contribution is 2.16. The average molecular weight is 142 g/mol. The van der Waals surface area contributed by atoms with E-state index in [1.54, 1.807) is 0 Å². The Hall–Kier alpha value is -0.830. The van der Waals surface area contributed by atoms with Gasteiger partial charge in [-0.15, -0.1) is 0 Å². The molecule has 0 aromatic carbocycles. The predicted octanol–water partition coefficient (Wildman–Crippen LogP) is 0.664. The van der Waals surface area contributed by atoms with Crippen LogP contribution in [0, 0.1) is 5.92 Å². The van der Waals surface area contributed by atoms with E-state index in [2.05, 4.69) is 6.58 Å². The van der Waals surface area contributed by atoms with Crippen LogP contribution in [0.2, 0.25) is 0 Å². The molecule has 1 N–H and O–H groups in total. The van der Waals surface area contributed by atoms with Crippen molar-refractivity contribution in [3.05, 3.63) is 12.2 Å². The van der Waals surface area contributed by atoms with E-state index in [1.165, 1.54) is 0 Å². The summed E-state index contributed by atoms with van der Waals surface area (Å²) in [6, 6.07) is 0. The van der Waals surface area contributed by atoms with Gasteiger partial charge < -0.3 is 9.84 Å². The van der Waals surface area contributed by atoms with Crippen LogP contribution >= 0.6 is 0 Å². The molecule has 1 unspecified atom stereocenters. The van der Waals surface area contributed by atoms with Crippen LogP contribution in [-0.2, 0) is 9.53 Å². The van der Waals surface area contributed by atoms with E-state index >= 15 is 0 Å². The van der Waals surface area contributed by atoms with E-state index < -0.39 is 5.97 Å². The molecule has 1 atom stereocenters. The van der Waals surface area contributed by atoms with Crippen molar-refractivity contribution in [2.75, 3.05) is 13.2 Å². The lowest BCUT2D eigenvalue weighted by atomic mass is 10.00. The molecule has 1 heterocycles. The normalized spacial score (nSPS) is 26.4. The fourth-order valence-corrected chi connectivity index (χ4v) is 0.970. The smallest absolute Gasteiger partial charge is 0.309 e. The van der Waals surface area contributed by atoms with Gasteiger partial charge in [-0.1, -0.05) is 12.2 Å². The Morgan fingerprint density at radius 2 is 2.50 bits per heavy atom. The number of hydrogen-bond donors (Lipinski definition) is 1. The summed E-state index contributed by atoms with van der Waals surface area (Å²) in [4.78, 5) is 10.4. The number of carboxylic acids is 1. The van der Waals surface area contributed by atoms with Crippen molar-refractivity contribution in [2.45, 2.75) is 6.42 Å². The molecule has 0 aromatic rings. The van der Waals surface area contributed by atoms with Crippen molar-refractivity contribution >= 4 is 5.97 Å². The van der Waals surface area contributed by atoms with Crippen molar-refractivity contribution in [3.63, 3.8) is 0 Å². The summed E-state index contributed by atoms with van der Waals surface area (Å²) in [5, 5.41) is 8.53. The molecule has 1 aliphatic rings. The Kier molecular flexibility index (Phi) is 2.06. The Bertz CT molecular complexity index is 160. The quantitative estimate of drug-likeness (QED) is 0.547. The van der Waals surface area contributed by atoms with E-state index in [-0.39, 0.29) is 5.92 Å².